The molecule has 17 heavy (non-hydrogen) atoms. The first-order valence-electron chi connectivity index (χ1n) is 6.86. The van der Waals surface area contributed by atoms with Gasteiger partial charge in [-0.25, -0.2) is 0 Å². The highest BCUT2D eigenvalue weighted by atomic mass is 15.2. The van der Waals surface area contributed by atoms with Gasteiger partial charge in [0, 0.05) is 25.7 Å². The topological polar surface area (TPSA) is 29.3 Å². The van der Waals surface area contributed by atoms with Crippen LogP contribution in [0, 0.1) is 0 Å². The Labute approximate surface area is 105 Å². The van der Waals surface area contributed by atoms with Gasteiger partial charge in [0.25, 0.3) is 0 Å². The molecule has 2 heteroatoms. The van der Waals surface area contributed by atoms with Gasteiger partial charge in [-0.3, -0.25) is 4.90 Å². The zero-order valence-electron chi connectivity index (χ0n) is 10.9. The first kappa shape index (κ1) is 12.6. The van der Waals surface area contributed by atoms with Crippen LogP contribution in [0.25, 0.3) is 0 Å². The average Bonchev–Trinajstić information content (AvgIpc) is 2.39. The van der Waals surface area contributed by atoms with Gasteiger partial charge in [-0.1, -0.05) is 44.0 Å². The van der Waals surface area contributed by atoms with Gasteiger partial charge in [-0.05, 0) is 24.0 Å². The Balaban J connectivity index is 2.00. The van der Waals surface area contributed by atoms with E-state index in [-0.39, 0.29) is 0 Å². The third kappa shape index (κ3) is 3.08. The molecule has 0 radical (unpaired) electrons. The minimum Gasteiger partial charge on any atom is -0.329 e. The Hall–Kier alpha value is -0.860. The maximum absolute atomic E-state index is 5.92. The number of benzene rings is 1. The van der Waals surface area contributed by atoms with Gasteiger partial charge >= 0.3 is 0 Å². The summed E-state index contributed by atoms with van der Waals surface area (Å²) in [5.41, 5.74) is 8.94. The van der Waals surface area contributed by atoms with Crippen molar-refractivity contribution in [3.8, 4) is 0 Å². The molecule has 1 heterocycles. The fraction of sp³-hybridized carbons (Fsp3) is 0.600. The molecule has 0 fully saturated rings. The van der Waals surface area contributed by atoms with E-state index in [4.69, 9.17) is 5.73 Å². The van der Waals surface area contributed by atoms with E-state index < -0.39 is 0 Å². The van der Waals surface area contributed by atoms with Crippen LogP contribution in [0.2, 0.25) is 0 Å². The van der Waals surface area contributed by atoms with E-state index >= 15 is 0 Å². The number of hydrogen-bond donors (Lipinski definition) is 1. The van der Waals surface area contributed by atoms with Crippen molar-refractivity contribution < 1.29 is 0 Å². The number of unbranched alkanes of at least 4 members (excludes halogenated alkanes) is 1. The standard InChI is InChI=1S/C15H24N2/c1-2-3-8-15(11-16)17-10-9-13-6-4-5-7-14(13)12-17/h4-7,15H,2-3,8-12,16H2,1H3. The van der Waals surface area contributed by atoms with Crippen LogP contribution in [0.4, 0.5) is 0 Å². The lowest BCUT2D eigenvalue weighted by atomic mass is 9.97. The van der Waals surface area contributed by atoms with Gasteiger partial charge in [0.05, 0.1) is 0 Å². The van der Waals surface area contributed by atoms with Crippen molar-refractivity contribution in [2.45, 2.75) is 45.2 Å². The van der Waals surface area contributed by atoms with Crippen molar-refractivity contribution in [2.75, 3.05) is 13.1 Å². The van der Waals surface area contributed by atoms with Gasteiger partial charge < -0.3 is 5.73 Å². The molecule has 2 nitrogen and oxygen atoms in total. The zero-order valence-corrected chi connectivity index (χ0v) is 10.9. The van der Waals surface area contributed by atoms with Crippen molar-refractivity contribution in [3.63, 3.8) is 0 Å². The Morgan fingerprint density at radius 1 is 1.29 bits per heavy atom. The molecule has 94 valence electrons. The molecule has 0 bridgehead atoms. The van der Waals surface area contributed by atoms with Crippen LogP contribution in [0.1, 0.15) is 37.3 Å². The molecule has 0 aliphatic carbocycles. The maximum atomic E-state index is 5.92. The molecular weight excluding hydrogens is 208 g/mol. The van der Waals surface area contributed by atoms with Crippen LogP contribution >= 0.6 is 0 Å². The van der Waals surface area contributed by atoms with Crippen LogP contribution in [0.5, 0.6) is 0 Å². The summed E-state index contributed by atoms with van der Waals surface area (Å²) in [6.07, 6.45) is 4.98. The molecule has 1 aromatic rings. The summed E-state index contributed by atoms with van der Waals surface area (Å²) in [6.45, 7) is 5.30. The molecule has 1 atom stereocenters. The number of rotatable bonds is 5. The van der Waals surface area contributed by atoms with Crippen LogP contribution in [0.15, 0.2) is 24.3 Å². The molecule has 1 unspecified atom stereocenters. The lowest BCUT2D eigenvalue weighted by molar-refractivity contribution is 0.171. The van der Waals surface area contributed by atoms with Gasteiger partial charge in [-0.15, -0.1) is 0 Å². The molecule has 1 aromatic carbocycles. The quantitative estimate of drug-likeness (QED) is 0.845. The molecule has 2 rings (SSSR count). The minimum atomic E-state index is 0.573. The molecular formula is C15H24N2. The van der Waals surface area contributed by atoms with Crippen LogP contribution in [-0.4, -0.2) is 24.0 Å². The fourth-order valence-corrected chi connectivity index (χ4v) is 2.72. The van der Waals surface area contributed by atoms with Crippen molar-refractivity contribution in [3.05, 3.63) is 35.4 Å². The van der Waals surface area contributed by atoms with E-state index in [1.807, 2.05) is 0 Å². The smallest absolute Gasteiger partial charge is 0.0240 e. The molecule has 1 aliphatic heterocycles. The largest absolute Gasteiger partial charge is 0.329 e. The summed E-state index contributed by atoms with van der Waals surface area (Å²) >= 11 is 0. The number of fused-ring (bicyclic) bond motifs is 1. The third-order valence-electron chi connectivity index (χ3n) is 3.84. The Morgan fingerprint density at radius 2 is 2.06 bits per heavy atom. The Bertz CT molecular complexity index is 349. The summed E-state index contributed by atoms with van der Waals surface area (Å²) in [5.74, 6) is 0. The molecule has 0 saturated heterocycles. The first-order chi connectivity index (χ1) is 8.35. The van der Waals surface area contributed by atoms with Crippen molar-refractivity contribution >= 4 is 0 Å². The highest BCUT2D eigenvalue weighted by Crippen LogP contribution is 2.21. The SMILES string of the molecule is CCCCC(CN)N1CCc2ccccc2C1. The second kappa shape index (κ2) is 6.18. The summed E-state index contributed by atoms with van der Waals surface area (Å²) in [6, 6.07) is 9.38. The van der Waals surface area contributed by atoms with Gasteiger partial charge in [0.1, 0.15) is 0 Å². The van der Waals surface area contributed by atoms with E-state index in [0.717, 1.165) is 13.1 Å². The van der Waals surface area contributed by atoms with Crippen LogP contribution in [0.3, 0.4) is 0 Å². The normalized spacial score (nSPS) is 17.8. The van der Waals surface area contributed by atoms with Gasteiger partial charge in [0.2, 0.25) is 0 Å². The lowest BCUT2D eigenvalue weighted by Crippen LogP contribution is -2.43. The highest BCUT2D eigenvalue weighted by molar-refractivity contribution is 5.29. The molecule has 2 N–H and O–H groups in total. The number of hydrogen-bond acceptors (Lipinski definition) is 2. The van der Waals surface area contributed by atoms with E-state index in [0.29, 0.717) is 6.04 Å². The number of nitrogens with zero attached hydrogens (tertiary/aromatic N) is 1. The van der Waals surface area contributed by atoms with E-state index in [9.17, 15) is 0 Å². The summed E-state index contributed by atoms with van der Waals surface area (Å²) < 4.78 is 0. The molecule has 0 amide bonds. The average molecular weight is 232 g/mol. The van der Waals surface area contributed by atoms with E-state index in [1.165, 1.54) is 43.4 Å². The minimum absolute atomic E-state index is 0.573. The second-order valence-electron chi connectivity index (χ2n) is 5.02. The molecule has 1 aliphatic rings. The van der Waals surface area contributed by atoms with Gasteiger partial charge in [0.15, 0.2) is 0 Å². The monoisotopic (exact) mass is 232 g/mol. The summed E-state index contributed by atoms with van der Waals surface area (Å²) in [5, 5.41) is 0. The lowest BCUT2D eigenvalue weighted by Gasteiger charge is -2.35. The van der Waals surface area contributed by atoms with Crippen LogP contribution in [-0.2, 0) is 13.0 Å². The van der Waals surface area contributed by atoms with Crippen molar-refractivity contribution in [2.24, 2.45) is 5.73 Å². The Morgan fingerprint density at radius 3 is 2.76 bits per heavy atom. The fourth-order valence-electron chi connectivity index (χ4n) is 2.72. The Kier molecular flexibility index (Phi) is 4.57. The molecule has 0 aromatic heterocycles. The van der Waals surface area contributed by atoms with Crippen LogP contribution < -0.4 is 5.73 Å². The second-order valence-corrected chi connectivity index (χ2v) is 5.02. The van der Waals surface area contributed by atoms with E-state index in [1.54, 1.807) is 0 Å². The maximum Gasteiger partial charge on any atom is 0.0240 e. The zero-order chi connectivity index (χ0) is 12.1. The molecule has 0 saturated carbocycles. The van der Waals surface area contributed by atoms with E-state index in [2.05, 4.69) is 36.1 Å². The molecule has 0 spiro atoms. The predicted octanol–water partition coefficient (Wildman–Crippen LogP) is 2.56. The van der Waals surface area contributed by atoms with Crippen molar-refractivity contribution in [1.29, 1.82) is 0 Å². The van der Waals surface area contributed by atoms with Crippen molar-refractivity contribution in [1.82, 2.24) is 4.90 Å². The number of nitrogens with two attached hydrogens (primary N) is 1. The third-order valence-corrected chi connectivity index (χ3v) is 3.84. The summed E-state index contributed by atoms with van der Waals surface area (Å²) in [4.78, 5) is 2.57. The summed E-state index contributed by atoms with van der Waals surface area (Å²) in [7, 11) is 0. The first-order valence-corrected chi connectivity index (χ1v) is 6.86. The highest BCUT2D eigenvalue weighted by Gasteiger charge is 2.21. The predicted molar refractivity (Wildman–Crippen MR) is 72.9 cm³/mol. The van der Waals surface area contributed by atoms with Gasteiger partial charge in [-0.2, -0.15) is 0 Å².